The number of nitrogens with zero attached hydrogens (tertiary/aromatic N) is 2. The van der Waals surface area contributed by atoms with Gasteiger partial charge in [0.25, 0.3) is 5.91 Å². The summed E-state index contributed by atoms with van der Waals surface area (Å²) in [4.78, 5) is 43.5. The number of pyridine rings is 1. The molecule has 2 saturated heterocycles. The van der Waals surface area contributed by atoms with Crippen LogP contribution in [0.5, 0.6) is 0 Å². The van der Waals surface area contributed by atoms with Gasteiger partial charge in [-0.15, -0.1) is 0 Å². The molecule has 0 radical (unpaired) electrons. The lowest BCUT2D eigenvalue weighted by Gasteiger charge is -2.23. The van der Waals surface area contributed by atoms with E-state index in [0.29, 0.717) is 18.8 Å². The molecule has 174 valence electrons. The Morgan fingerprint density at radius 1 is 1.18 bits per heavy atom. The van der Waals surface area contributed by atoms with Crippen molar-refractivity contribution in [2.45, 2.75) is 32.1 Å². The van der Waals surface area contributed by atoms with Crippen molar-refractivity contribution < 1.29 is 28.6 Å². The van der Waals surface area contributed by atoms with Gasteiger partial charge in [-0.05, 0) is 37.1 Å². The quantitative estimate of drug-likeness (QED) is 0.686. The van der Waals surface area contributed by atoms with Crippen LogP contribution in [-0.2, 0) is 23.8 Å². The van der Waals surface area contributed by atoms with E-state index < -0.39 is 23.7 Å². The first-order chi connectivity index (χ1) is 15.8. The largest absolute Gasteiger partial charge is 0.467 e. The topological polar surface area (TPSA) is 107 Å². The molecule has 1 aromatic heterocycles. The summed E-state index contributed by atoms with van der Waals surface area (Å²) in [6.07, 6.45) is 2.01. The highest BCUT2D eigenvalue weighted by Gasteiger charge is 2.52. The zero-order valence-corrected chi connectivity index (χ0v) is 18.9. The maximum atomic E-state index is 12.8. The second-order valence-electron chi connectivity index (χ2n) is 8.31. The summed E-state index contributed by atoms with van der Waals surface area (Å²) in [5.41, 5.74) is 4.31. The van der Waals surface area contributed by atoms with Crippen molar-refractivity contribution in [3.8, 4) is 11.3 Å². The van der Waals surface area contributed by atoms with E-state index in [2.05, 4.69) is 16.4 Å². The molecule has 1 spiro atoms. The molecule has 0 bridgehead atoms. The zero-order chi connectivity index (χ0) is 23.6. The number of ether oxygens (including phenoxy) is 3. The number of likely N-dealkylation sites (tertiary alicyclic amines) is 1. The first-order valence-corrected chi connectivity index (χ1v) is 10.8. The Morgan fingerprint density at radius 2 is 1.88 bits per heavy atom. The molecular weight excluding hydrogens is 426 g/mol. The molecule has 0 unspecified atom stereocenters. The lowest BCUT2D eigenvalue weighted by atomic mass is 10.0. The molecule has 0 saturated carbocycles. The Balaban J connectivity index is 1.39. The van der Waals surface area contributed by atoms with Crippen LogP contribution in [0.1, 0.15) is 27.9 Å². The minimum absolute atomic E-state index is 0.110. The van der Waals surface area contributed by atoms with Gasteiger partial charge in [0.2, 0.25) is 5.91 Å². The minimum atomic E-state index is -0.990. The molecule has 3 heterocycles. The Kier molecular flexibility index (Phi) is 6.44. The van der Waals surface area contributed by atoms with E-state index in [4.69, 9.17) is 14.2 Å². The first-order valence-electron chi connectivity index (χ1n) is 10.8. The van der Waals surface area contributed by atoms with Gasteiger partial charge in [0, 0.05) is 23.7 Å². The number of benzene rings is 1. The number of methoxy groups -OCH3 is 1. The smallest absolute Gasteiger partial charge is 0.328 e. The van der Waals surface area contributed by atoms with Crippen molar-refractivity contribution in [1.82, 2.24) is 15.2 Å². The van der Waals surface area contributed by atoms with Crippen molar-refractivity contribution in [1.29, 1.82) is 0 Å². The van der Waals surface area contributed by atoms with Gasteiger partial charge in [0.1, 0.15) is 6.04 Å². The van der Waals surface area contributed by atoms with Crippen LogP contribution >= 0.6 is 0 Å². The normalized spacial score (nSPS) is 19.0. The molecular formula is C24H27N3O6. The molecule has 2 aliphatic rings. The standard InChI is InChI=1S/C24H27N3O6/c1-15-10-16(2)21(25-12-15)17-4-6-18(7-5-17)22(29)26-13-20(28)27-14-24(32-8-9-33-24)11-19(27)23(30)31-3/h4-7,10,12,19H,8-9,11,13-14H2,1-3H3,(H,26,29)/t19-/m0/s1. The summed E-state index contributed by atoms with van der Waals surface area (Å²) in [6.45, 7) is 4.64. The summed E-state index contributed by atoms with van der Waals surface area (Å²) in [5.74, 6) is -2.33. The van der Waals surface area contributed by atoms with Gasteiger partial charge in [-0.2, -0.15) is 0 Å². The average molecular weight is 453 g/mol. The predicted molar refractivity (Wildman–Crippen MR) is 118 cm³/mol. The zero-order valence-electron chi connectivity index (χ0n) is 18.9. The number of hydrogen-bond acceptors (Lipinski definition) is 7. The summed E-state index contributed by atoms with van der Waals surface area (Å²) in [6, 6.07) is 8.28. The first kappa shape index (κ1) is 22.9. The third-order valence-electron chi connectivity index (χ3n) is 5.93. The minimum Gasteiger partial charge on any atom is -0.467 e. The fourth-order valence-electron chi connectivity index (χ4n) is 4.31. The Hall–Kier alpha value is -3.30. The lowest BCUT2D eigenvalue weighted by Crippen LogP contribution is -2.46. The van der Waals surface area contributed by atoms with Gasteiger partial charge >= 0.3 is 5.97 Å². The number of aryl methyl sites for hydroxylation is 2. The molecule has 2 fully saturated rings. The fourth-order valence-corrected chi connectivity index (χ4v) is 4.31. The Labute approximate surface area is 192 Å². The molecule has 2 aromatic rings. The van der Waals surface area contributed by atoms with Crippen LogP contribution in [0.2, 0.25) is 0 Å². The fraction of sp³-hybridized carbons (Fsp3) is 0.417. The van der Waals surface area contributed by atoms with Gasteiger partial charge in [-0.1, -0.05) is 18.2 Å². The average Bonchev–Trinajstić information content (AvgIpc) is 3.44. The van der Waals surface area contributed by atoms with Crippen molar-refractivity contribution in [3.05, 3.63) is 53.2 Å². The number of carbonyl (C=O) groups is 3. The van der Waals surface area contributed by atoms with E-state index in [9.17, 15) is 14.4 Å². The van der Waals surface area contributed by atoms with Crippen LogP contribution in [0.25, 0.3) is 11.3 Å². The van der Waals surface area contributed by atoms with E-state index in [1.807, 2.05) is 26.0 Å². The molecule has 4 rings (SSSR count). The van der Waals surface area contributed by atoms with Gasteiger partial charge in [-0.3, -0.25) is 14.6 Å². The van der Waals surface area contributed by atoms with Crippen LogP contribution in [0.4, 0.5) is 0 Å². The number of nitrogens with one attached hydrogen (secondary N) is 1. The molecule has 33 heavy (non-hydrogen) atoms. The molecule has 1 aromatic carbocycles. The van der Waals surface area contributed by atoms with E-state index >= 15 is 0 Å². The van der Waals surface area contributed by atoms with Crippen LogP contribution in [-0.4, -0.2) is 72.9 Å². The maximum absolute atomic E-state index is 12.8. The number of aromatic nitrogens is 1. The van der Waals surface area contributed by atoms with Crippen LogP contribution in [0.3, 0.4) is 0 Å². The van der Waals surface area contributed by atoms with Gasteiger partial charge in [0.15, 0.2) is 5.79 Å². The number of carbonyl (C=O) groups excluding carboxylic acids is 3. The molecule has 1 atom stereocenters. The second kappa shape index (κ2) is 9.29. The van der Waals surface area contributed by atoms with Crippen molar-refractivity contribution in [2.24, 2.45) is 0 Å². The molecule has 2 aliphatic heterocycles. The Morgan fingerprint density at radius 3 is 2.52 bits per heavy atom. The monoisotopic (exact) mass is 453 g/mol. The van der Waals surface area contributed by atoms with Gasteiger partial charge < -0.3 is 24.4 Å². The van der Waals surface area contributed by atoms with Crippen molar-refractivity contribution in [3.63, 3.8) is 0 Å². The van der Waals surface area contributed by atoms with Gasteiger partial charge in [-0.25, -0.2) is 4.79 Å². The molecule has 2 amide bonds. The van der Waals surface area contributed by atoms with E-state index in [0.717, 1.165) is 22.4 Å². The van der Waals surface area contributed by atoms with E-state index in [1.54, 1.807) is 18.3 Å². The van der Waals surface area contributed by atoms with Crippen LogP contribution in [0.15, 0.2) is 36.5 Å². The number of rotatable bonds is 5. The van der Waals surface area contributed by atoms with Gasteiger partial charge in [0.05, 0.1) is 39.1 Å². The van der Waals surface area contributed by atoms with Crippen LogP contribution < -0.4 is 5.32 Å². The third kappa shape index (κ3) is 4.74. The lowest BCUT2D eigenvalue weighted by molar-refractivity contribution is -0.152. The summed E-state index contributed by atoms with van der Waals surface area (Å²) >= 11 is 0. The molecule has 0 aliphatic carbocycles. The van der Waals surface area contributed by atoms with E-state index in [1.165, 1.54) is 12.0 Å². The van der Waals surface area contributed by atoms with Crippen LogP contribution in [0, 0.1) is 13.8 Å². The number of amides is 2. The molecule has 9 nitrogen and oxygen atoms in total. The van der Waals surface area contributed by atoms with Crippen molar-refractivity contribution in [2.75, 3.05) is 33.4 Å². The van der Waals surface area contributed by atoms with Crippen molar-refractivity contribution >= 4 is 17.8 Å². The Bertz CT molecular complexity index is 1060. The summed E-state index contributed by atoms with van der Waals surface area (Å²) in [7, 11) is 1.27. The third-order valence-corrected chi connectivity index (χ3v) is 5.93. The molecule has 9 heteroatoms. The molecule has 1 N–H and O–H groups in total. The summed E-state index contributed by atoms with van der Waals surface area (Å²) in [5, 5.41) is 2.63. The predicted octanol–water partition coefficient (Wildman–Crippen LogP) is 1.61. The highest BCUT2D eigenvalue weighted by atomic mass is 16.7. The summed E-state index contributed by atoms with van der Waals surface area (Å²) < 4.78 is 16.1. The second-order valence-corrected chi connectivity index (χ2v) is 8.31. The number of hydrogen-bond donors (Lipinski definition) is 1. The number of esters is 1. The van der Waals surface area contributed by atoms with E-state index in [-0.39, 0.29) is 25.4 Å². The SMILES string of the molecule is COC(=O)[C@@H]1CC2(CN1C(=O)CNC(=O)c1ccc(-c3ncc(C)cc3C)cc1)OCCO2. The highest BCUT2D eigenvalue weighted by Crippen LogP contribution is 2.35. The highest BCUT2D eigenvalue weighted by molar-refractivity contribution is 5.97. The maximum Gasteiger partial charge on any atom is 0.328 e.